The van der Waals surface area contributed by atoms with Gasteiger partial charge in [0.1, 0.15) is 12.1 Å². The Bertz CT molecular complexity index is 1520. The summed E-state index contributed by atoms with van der Waals surface area (Å²) in [7, 11) is 0. The van der Waals surface area contributed by atoms with Crippen molar-refractivity contribution in [2.75, 3.05) is 5.73 Å². The van der Waals surface area contributed by atoms with Crippen LogP contribution >= 0.6 is 0 Å². The number of nitrogens with two attached hydrogens (primary N) is 1. The van der Waals surface area contributed by atoms with Gasteiger partial charge in [0.15, 0.2) is 11.4 Å². The van der Waals surface area contributed by atoms with Crippen molar-refractivity contribution in [3.63, 3.8) is 0 Å². The molecule has 2 bridgehead atoms. The number of aromatic nitrogens is 7. The number of nitrogen functional groups attached to an aromatic ring is 1. The number of pyridine rings is 1. The van der Waals surface area contributed by atoms with Crippen molar-refractivity contribution in [3.05, 3.63) is 53.6 Å². The van der Waals surface area contributed by atoms with Crippen molar-refractivity contribution in [1.82, 2.24) is 39.7 Å². The molecule has 6 heterocycles. The summed E-state index contributed by atoms with van der Waals surface area (Å²) < 4.78 is 1.51. The lowest BCUT2D eigenvalue weighted by Crippen LogP contribution is -2.46. The SMILES string of the molecule is CCCC(O)c1ccc(-c2cnn3c(N)c(C(C)=O)c([C@@H]4C[C@H]5CC[C@@H](C4)N5C(=O)c4nnc[nH]4)nc23)cn1. The molecule has 2 saturated heterocycles. The molecule has 0 aromatic carbocycles. The number of hydrogen-bond acceptors (Lipinski definition) is 9. The van der Waals surface area contributed by atoms with Crippen LogP contribution in [0.4, 0.5) is 5.82 Å². The smallest absolute Gasteiger partial charge is 0.292 e. The summed E-state index contributed by atoms with van der Waals surface area (Å²) in [6.45, 7) is 3.51. The number of carbonyl (C=O) groups is 2. The van der Waals surface area contributed by atoms with E-state index in [4.69, 9.17) is 10.7 Å². The zero-order chi connectivity index (χ0) is 27.3. The van der Waals surface area contributed by atoms with Gasteiger partial charge in [0.05, 0.1) is 29.3 Å². The molecule has 4 N–H and O–H groups in total. The molecule has 0 spiro atoms. The first-order valence-electron chi connectivity index (χ1n) is 13.4. The van der Waals surface area contributed by atoms with Gasteiger partial charge in [-0.25, -0.2) is 4.98 Å². The van der Waals surface area contributed by atoms with Gasteiger partial charge >= 0.3 is 0 Å². The first-order chi connectivity index (χ1) is 18.9. The Balaban J connectivity index is 1.37. The van der Waals surface area contributed by atoms with Crippen LogP contribution in [0.25, 0.3) is 16.8 Å². The molecule has 4 atom stereocenters. The summed E-state index contributed by atoms with van der Waals surface area (Å²) in [4.78, 5) is 40.1. The number of aliphatic hydroxyl groups excluding tert-OH is 1. The molecule has 4 aromatic rings. The number of ketones is 1. The number of nitrogens with zero attached hydrogens (tertiary/aromatic N) is 7. The fraction of sp³-hybridized carbons (Fsp3) is 0.444. The largest absolute Gasteiger partial charge is 0.387 e. The molecule has 2 fully saturated rings. The van der Waals surface area contributed by atoms with Gasteiger partial charge in [0.25, 0.3) is 5.91 Å². The van der Waals surface area contributed by atoms with Gasteiger partial charge in [-0.3, -0.25) is 14.6 Å². The monoisotopic (exact) mass is 529 g/mol. The number of hydrogen-bond donors (Lipinski definition) is 3. The number of H-pyrrole nitrogens is 1. The predicted molar refractivity (Wildman–Crippen MR) is 142 cm³/mol. The molecular weight excluding hydrogens is 498 g/mol. The van der Waals surface area contributed by atoms with E-state index in [0.717, 1.165) is 30.4 Å². The van der Waals surface area contributed by atoms with E-state index >= 15 is 0 Å². The zero-order valence-electron chi connectivity index (χ0n) is 21.9. The van der Waals surface area contributed by atoms with Crippen molar-refractivity contribution >= 4 is 23.2 Å². The van der Waals surface area contributed by atoms with Gasteiger partial charge in [-0.1, -0.05) is 19.4 Å². The number of aromatic amines is 1. The molecule has 4 aromatic heterocycles. The molecule has 39 heavy (non-hydrogen) atoms. The van der Waals surface area contributed by atoms with Gasteiger partial charge in [-0.2, -0.15) is 9.61 Å². The van der Waals surface area contributed by atoms with Crippen molar-refractivity contribution in [2.24, 2.45) is 0 Å². The van der Waals surface area contributed by atoms with E-state index in [1.54, 1.807) is 12.4 Å². The Morgan fingerprint density at radius 3 is 2.59 bits per heavy atom. The lowest BCUT2D eigenvalue weighted by molar-refractivity contribution is 0.0556. The molecule has 2 aliphatic rings. The van der Waals surface area contributed by atoms with Crippen molar-refractivity contribution in [2.45, 2.75) is 76.5 Å². The van der Waals surface area contributed by atoms with E-state index in [1.807, 2.05) is 24.0 Å². The van der Waals surface area contributed by atoms with Gasteiger partial charge < -0.3 is 20.7 Å². The fourth-order valence-corrected chi connectivity index (χ4v) is 6.24. The van der Waals surface area contributed by atoms with Crippen molar-refractivity contribution in [3.8, 4) is 11.1 Å². The average Bonchev–Trinajstić information content (AvgIpc) is 3.67. The summed E-state index contributed by atoms with van der Waals surface area (Å²) in [5.41, 5.74) is 10.3. The summed E-state index contributed by atoms with van der Waals surface area (Å²) in [6, 6.07) is 3.73. The second-order valence-corrected chi connectivity index (χ2v) is 10.5. The third kappa shape index (κ3) is 4.24. The van der Waals surface area contributed by atoms with Gasteiger partial charge in [0, 0.05) is 35.3 Å². The molecule has 1 unspecified atom stereocenters. The number of carbonyl (C=O) groups excluding carboxylic acids is 2. The number of aliphatic hydroxyl groups is 1. The molecule has 0 radical (unpaired) electrons. The normalized spacial score (nSPS) is 21.4. The zero-order valence-corrected chi connectivity index (χ0v) is 21.9. The molecule has 0 saturated carbocycles. The number of fused-ring (bicyclic) bond motifs is 3. The first kappa shape index (κ1) is 25.1. The van der Waals surface area contributed by atoms with Crippen LogP contribution in [0.5, 0.6) is 0 Å². The third-order valence-electron chi connectivity index (χ3n) is 8.04. The molecule has 6 rings (SSSR count). The van der Waals surface area contributed by atoms with Gasteiger partial charge in [-0.15, -0.1) is 10.2 Å². The highest BCUT2D eigenvalue weighted by Gasteiger charge is 2.45. The minimum Gasteiger partial charge on any atom is -0.387 e. The van der Waals surface area contributed by atoms with E-state index in [2.05, 4.69) is 25.3 Å². The lowest BCUT2D eigenvalue weighted by Gasteiger charge is -2.38. The summed E-state index contributed by atoms with van der Waals surface area (Å²) >= 11 is 0. The van der Waals surface area contributed by atoms with E-state index in [9.17, 15) is 14.7 Å². The van der Waals surface area contributed by atoms with Crippen LogP contribution in [-0.2, 0) is 0 Å². The van der Waals surface area contributed by atoms with Gasteiger partial charge in [-0.05, 0) is 45.1 Å². The number of Topliss-reactive ketones (excluding diaryl/α,β-unsaturated/α-hetero) is 1. The Labute approximate surface area is 224 Å². The van der Waals surface area contributed by atoms with Crippen LogP contribution in [0.1, 0.15) is 96.8 Å². The summed E-state index contributed by atoms with van der Waals surface area (Å²) in [5, 5.41) is 22.4. The number of piperidine rings is 1. The highest BCUT2D eigenvalue weighted by molar-refractivity contribution is 6.00. The molecule has 2 aliphatic heterocycles. The van der Waals surface area contributed by atoms with Crippen LogP contribution in [0.15, 0.2) is 30.9 Å². The summed E-state index contributed by atoms with van der Waals surface area (Å²) in [6.07, 6.45) is 8.79. The van der Waals surface area contributed by atoms with E-state index in [-0.39, 0.29) is 41.3 Å². The van der Waals surface area contributed by atoms with Crippen LogP contribution in [0.3, 0.4) is 0 Å². The van der Waals surface area contributed by atoms with Crippen LogP contribution in [-0.4, -0.2) is 68.5 Å². The van der Waals surface area contributed by atoms with Crippen LogP contribution < -0.4 is 5.73 Å². The Kier molecular flexibility index (Phi) is 6.34. The topological polar surface area (TPSA) is 168 Å². The first-order valence-corrected chi connectivity index (χ1v) is 13.4. The predicted octanol–water partition coefficient (Wildman–Crippen LogP) is 3.08. The third-order valence-corrected chi connectivity index (χ3v) is 8.04. The molecule has 0 aliphatic carbocycles. The highest BCUT2D eigenvalue weighted by Crippen LogP contribution is 2.45. The second-order valence-electron chi connectivity index (χ2n) is 10.5. The van der Waals surface area contributed by atoms with Gasteiger partial charge in [0.2, 0.25) is 5.82 Å². The maximum absolute atomic E-state index is 13.1. The molecule has 12 nitrogen and oxygen atoms in total. The quantitative estimate of drug-likeness (QED) is 0.305. The lowest BCUT2D eigenvalue weighted by atomic mass is 9.85. The fourth-order valence-electron chi connectivity index (χ4n) is 6.24. The number of anilines is 1. The van der Waals surface area contributed by atoms with E-state index in [1.165, 1.54) is 17.8 Å². The molecule has 12 heteroatoms. The average molecular weight is 530 g/mol. The maximum Gasteiger partial charge on any atom is 0.292 e. The molecule has 202 valence electrons. The second kappa shape index (κ2) is 9.84. The Hall–Kier alpha value is -4.19. The number of rotatable bonds is 7. The Morgan fingerprint density at radius 2 is 1.97 bits per heavy atom. The van der Waals surface area contributed by atoms with Crippen LogP contribution in [0, 0.1) is 0 Å². The maximum atomic E-state index is 13.1. The minimum absolute atomic E-state index is 0.0149. The highest BCUT2D eigenvalue weighted by atomic mass is 16.3. The van der Waals surface area contributed by atoms with E-state index in [0.29, 0.717) is 41.9 Å². The van der Waals surface area contributed by atoms with Crippen molar-refractivity contribution < 1.29 is 14.7 Å². The standard InChI is InChI=1S/C27H31N9O3/c1-3-4-21(38)20-8-5-15(11-29-20)19-12-32-36-24(28)22(14(2)37)23(33-26(19)36)16-9-17-6-7-18(10-16)35(17)27(39)25-30-13-31-34-25/h5,8,11-13,16-18,21,38H,3-4,6-7,9-10,28H2,1-2H3,(H,30,31,34)/t16-,17-,18+,21?. The molecule has 1 amide bonds. The molecular formula is C27H31N9O3. The number of amides is 1. The summed E-state index contributed by atoms with van der Waals surface area (Å²) in [5.74, 6) is 0.136. The minimum atomic E-state index is -0.608. The van der Waals surface area contributed by atoms with E-state index < -0.39 is 6.10 Å². The van der Waals surface area contributed by atoms with Crippen LogP contribution in [0.2, 0.25) is 0 Å². The van der Waals surface area contributed by atoms with Crippen molar-refractivity contribution in [1.29, 1.82) is 0 Å². The number of nitrogens with one attached hydrogen (secondary N) is 1. The Morgan fingerprint density at radius 1 is 1.21 bits per heavy atom.